The van der Waals surface area contributed by atoms with Crippen LogP contribution in [0.1, 0.15) is 33.3 Å². The molecule has 150 valence electrons. The van der Waals surface area contributed by atoms with E-state index in [2.05, 4.69) is 10.6 Å². The fourth-order valence-electron chi connectivity index (χ4n) is 2.64. The number of carbonyl (C=O) groups excluding carboxylic acids is 2. The van der Waals surface area contributed by atoms with E-state index in [-0.39, 0.29) is 6.42 Å². The number of aliphatic carboxylic acids is 1. The fourth-order valence-corrected chi connectivity index (χ4v) is 2.64. The van der Waals surface area contributed by atoms with E-state index >= 15 is 0 Å². The van der Waals surface area contributed by atoms with E-state index in [0.717, 1.165) is 16.3 Å². The van der Waals surface area contributed by atoms with Crippen molar-refractivity contribution in [2.24, 2.45) is 0 Å². The highest BCUT2D eigenvalue weighted by atomic mass is 16.6. The molecule has 3 N–H and O–H groups in total. The molecule has 0 spiro atoms. The molecule has 2 amide bonds. The highest BCUT2D eigenvalue weighted by Crippen LogP contribution is 2.17. The zero-order valence-electron chi connectivity index (χ0n) is 16.5. The van der Waals surface area contributed by atoms with Crippen molar-refractivity contribution in [1.29, 1.82) is 0 Å². The van der Waals surface area contributed by atoms with Gasteiger partial charge in [0.1, 0.15) is 17.7 Å². The van der Waals surface area contributed by atoms with Crippen LogP contribution in [0.5, 0.6) is 0 Å². The second-order valence-corrected chi connectivity index (χ2v) is 7.65. The van der Waals surface area contributed by atoms with E-state index in [1.165, 1.54) is 6.92 Å². The molecule has 0 bridgehead atoms. The minimum absolute atomic E-state index is 0.197. The standard InChI is InChI=1S/C21H26N2O5/c1-13(19(25)26)22-18(24)17(23-20(27)28-21(2,3)4)12-14-9-10-15-7-5-6-8-16(15)11-14/h5-11,13,17H,12H2,1-4H3,(H,22,24)(H,23,27)(H,25,26)/t13-,17-/m0/s1. The summed E-state index contributed by atoms with van der Waals surface area (Å²) in [4.78, 5) is 35.8. The molecule has 7 nitrogen and oxygen atoms in total. The summed E-state index contributed by atoms with van der Waals surface area (Å²) in [6.07, 6.45) is -0.543. The number of hydrogen-bond acceptors (Lipinski definition) is 4. The number of carboxylic acid groups (broad SMARTS) is 1. The van der Waals surface area contributed by atoms with Crippen LogP contribution in [0.25, 0.3) is 10.8 Å². The normalized spacial score (nSPS) is 13.4. The molecule has 2 aromatic rings. The Bertz CT molecular complexity index is 872. The summed E-state index contributed by atoms with van der Waals surface area (Å²) in [6, 6.07) is 11.5. The third-order valence-corrected chi connectivity index (χ3v) is 3.99. The van der Waals surface area contributed by atoms with Gasteiger partial charge in [0.2, 0.25) is 5.91 Å². The number of benzene rings is 2. The molecule has 0 aliphatic heterocycles. The third-order valence-electron chi connectivity index (χ3n) is 3.99. The molecule has 0 unspecified atom stereocenters. The Morgan fingerprint density at radius 2 is 1.68 bits per heavy atom. The van der Waals surface area contributed by atoms with E-state index in [4.69, 9.17) is 9.84 Å². The molecule has 2 rings (SSSR count). The lowest BCUT2D eigenvalue weighted by atomic mass is 10.0. The molecular weight excluding hydrogens is 360 g/mol. The molecule has 28 heavy (non-hydrogen) atoms. The second kappa shape index (κ2) is 8.73. The maximum atomic E-state index is 12.6. The first-order chi connectivity index (χ1) is 13.0. The van der Waals surface area contributed by atoms with Crippen LogP contribution in [0.2, 0.25) is 0 Å². The number of hydrogen-bond donors (Lipinski definition) is 3. The van der Waals surface area contributed by atoms with Crippen molar-refractivity contribution in [3.05, 3.63) is 48.0 Å². The Hall–Kier alpha value is -3.09. The zero-order valence-corrected chi connectivity index (χ0v) is 16.5. The van der Waals surface area contributed by atoms with E-state index in [1.807, 2.05) is 42.5 Å². The maximum Gasteiger partial charge on any atom is 0.408 e. The summed E-state index contributed by atoms with van der Waals surface area (Å²) in [5, 5.41) is 16.0. The fraction of sp³-hybridized carbons (Fsp3) is 0.381. The molecule has 0 fully saturated rings. The molecule has 0 aliphatic rings. The smallest absolute Gasteiger partial charge is 0.408 e. The summed E-state index contributed by atoms with van der Waals surface area (Å²) >= 11 is 0. The average Bonchev–Trinajstić information content (AvgIpc) is 2.59. The lowest BCUT2D eigenvalue weighted by Crippen LogP contribution is -2.52. The quantitative estimate of drug-likeness (QED) is 0.708. The summed E-state index contributed by atoms with van der Waals surface area (Å²) < 4.78 is 5.23. The Labute approximate surface area is 164 Å². The molecule has 7 heteroatoms. The summed E-state index contributed by atoms with van der Waals surface area (Å²) in [5.74, 6) is -1.75. The number of ether oxygens (including phenoxy) is 1. The topological polar surface area (TPSA) is 105 Å². The van der Waals surface area contributed by atoms with Gasteiger partial charge >= 0.3 is 12.1 Å². The number of carboxylic acids is 1. The van der Waals surface area contributed by atoms with E-state index in [0.29, 0.717) is 0 Å². The minimum Gasteiger partial charge on any atom is -0.480 e. The molecule has 2 atom stereocenters. The summed E-state index contributed by atoms with van der Waals surface area (Å²) in [7, 11) is 0. The van der Waals surface area contributed by atoms with Crippen molar-refractivity contribution in [2.45, 2.75) is 51.8 Å². The highest BCUT2D eigenvalue weighted by Gasteiger charge is 2.27. The van der Waals surface area contributed by atoms with Crippen molar-refractivity contribution >= 4 is 28.7 Å². The van der Waals surface area contributed by atoms with Crippen LogP contribution in [-0.4, -0.2) is 40.8 Å². The van der Waals surface area contributed by atoms with Gasteiger partial charge in [-0.05, 0) is 44.0 Å². The molecule has 0 saturated heterocycles. The first-order valence-corrected chi connectivity index (χ1v) is 9.05. The van der Waals surface area contributed by atoms with Gasteiger partial charge in [0.25, 0.3) is 0 Å². The predicted molar refractivity (Wildman–Crippen MR) is 106 cm³/mol. The van der Waals surface area contributed by atoms with Crippen molar-refractivity contribution in [2.75, 3.05) is 0 Å². The minimum atomic E-state index is -1.16. The van der Waals surface area contributed by atoms with Gasteiger partial charge in [-0.15, -0.1) is 0 Å². The Morgan fingerprint density at radius 1 is 1.04 bits per heavy atom. The van der Waals surface area contributed by atoms with Gasteiger partial charge in [0.15, 0.2) is 0 Å². The highest BCUT2D eigenvalue weighted by molar-refractivity contribution is 5.89. The van der Waals surface area contributed by atoms with Crippen LogP contribution in [0.15, 0.2) is 42.5 Å². The van der Waals surface area contributed by atoms with Crippen molar-refractivity contribution < 1.29 is 24.2 Å². The van der Waals surface area contributed by atoms with Crippen LogP contribution in [0, 0.1) is 0 Å². The van der Waals surface area contributed by atoms with Crippen LogP contribution in [0.3, 0.4) is 0 Å². The third kappa shape index (κ3) is 6.26. The van der Waals surface area contributed by atoms with Crippen LogP contribution >= 0.6 is 0 Å². The maximum absolute atomic E-state index is 12.6. The van der Waals surface area contributed by atoms with Gasteiger partial charge in [0, 0.05) is 6.42 Å². The second-order valence-electron chi connectivity index (χ2n) is 7.65. The van der Waals surface area contributed by atoms with E-state index in [1.54, 1.807) is 20.8 Å². The SMILES string of the molecule is C[C@H](NC(=O)[C@H](Cc1ccc2ccccc2c1)NC(=O)OC(C)(C)C)C(=O)O. The van der Waals surface area contributed by atoms with Crippen molar-refractivity contribution in [3.8, 4) is 0 Å². The number of rotatable bonds is 6. The Balaban J connectivity index is 2.21. The first kappa shape index (κ1) is 21.2. The lowest BCUT2D eigenvalue weighted by molar-refractivity contribution is -0.141. The molecule has 0 aliphatic carbocycles. The zero-order chi connectivity index (χ0) is 20.9. The summed E-state index contributed by atoms with van der Waals surface area (Å²) in [5.41, 5.74) is 0.112. The van der Waals surface area contributed by atoms with Gasteiger partial charge in [-0.3, -0.25) is 9.59 Å². The molecular formula is C21H26N2O5. The number of carbonyl (C=O) groups is 3. The van der Waals surface area contributed by atoms with Crippen molar-refractivity contribution in [3.63, 3.8) is 0 Å². The molecule has 0 heterocycles. The summed E-state index contributed by atoms with van der Waals surface area (Å²) in [6.45, 7) is 6.52. The monoisotopic (exact) mass is 386 g/mol. The number of alkyl carbamates (subject to hydrolysis) is 1. The van der Waals surface area contributed by atoms with Gasteiger partial charge in [-0.2, -0.15) is 0 Å². The molecule has 0 saturated carbocycles. The number of amides is 2. The van der Waals surface area contributed by atoms with E-state index in [9.17, 15) is 14.4 Å². The molecule has 0 aromatic heterocycles. The van der Waals surface area contributed by atoms with Crippen molar-refractivity contribution in [1.82, 2.24) is 10.6 Å². The molecule has 2 aromatic carbocycles. The van der Waals surface area contributed by atoms with Gasteiger partial charge in [-0.25, -0.2) is 4.79 Å². The number of fused-ring (bicyclic) bond motifs is 1. The van der Waals surface area contributed by atoms with Crippen LogP contribution < -0.4 is 10.6 Å². The average molecular weight is 386 g/mol. The first-order valence-electron chi connectivity index (χ1n) is 9.05. The lowest BCUT2D eigenvalue weighted by Gasteiger charge is -2.24. The van der Waals surface area contributed by atoms with Crippen LogP contribution in [0.4, 0.5) is 4.79 Å². The predicted octanol–water partition coefficient (Wildman–Crippen LogP) is 2.86. The van der Waals surface area contributed by atoms with Crippen LogP contribution in [-0.2, 0) is 20.7 Å². The Morgan fingerprint density at radius 3 is 2.29 bits per heavy atom. The van der Waals surface area contributed by atoms with Gasteiger partial charge in [-0.1, -0.05) is 42.5 Å². The van der Waals surface area contributed by atoms with Gasteiger partial charge in [0.05, 0.1) is 0 Å². The Kier molecular flexibility index (Phi) is 6.62. The van der Waals surface area contributed by atoms with Gasteiger partial charge < -0.3 is 20.5 Å². The largest absolute Gasteiger partial charge is 0.480 e. The molecule has 0 radical (unpaired) electrons. The van der Waals surface area contributed by atoms with E-state index < -0.39 is 35.7 Å². The number of nitrogens with one attached hydrogen (secondary N) is 2.